The van der Waals surface area contributed by atoms with Crippen molar-refractivity contribution in [3.63, 3.8) is 0 Å². The summed E-state index contributed by atoms with van der Waals surface area (Å²) in [6.45, 7) is 0.784. The van der Waals surface area contributed by atoms with Crippen LogP contribution in [-0.4, -0.2) is 48.1 Å². The van der Waals surface area contributed by atoms with Crippen LogP contribution in [0, 0.1) is 0 Å². The first kappa shape index (κ1) is 13.8. The minimum atomic E-state index is -1.05. The molecule has 0 fully saturated rings. The van der Waals surface area contributed by atoms with Gasteiger partial charge in [-0.2, -0.15) is 0 Å². The van der Waals surface area contributed by atoms with Crippen molar-refractivity contribution < 1.29 is 4.21 Å². The highest BCUT2D eigenvalue weighted by atomic mass is 32.2. The minimum absolute atomic E-state index is 0.689. The highest BCUT2D eigenvalue weighted by molar-refractivity contribution is 7.82. The number of nitrogens with zero attached hydrogens (tertiary/aromatic N) is 2. The third-order valence-corrected chi connectivity index (χ3v) is 2.41. The highest BCUT2D eigenvalue weighted by Gasteiger charge is 2.01. The summed E-state index contributed by atoms with van der Waals surface area (Å²) in [5.74, 6) is 0.689. The van der Waals surface area contributed by atoms with Crippen LogP contribution in [0.15, 0.2) is 4.99 Å². The summed E-state index contributed by atoms with van der Waals surface area (Å²) in [6, 6.07) is 0. The summed E-state index contributed by atoms with van der Waals surface area (Å²) in [5.41, 5.74) is 0. The summed E-state index contributed by atoms with van der Waals surface area (Å²) in [7, 11) is 5.41. The molecule has 0 aliphatic heterocycles. The van der Waals surface area contributed by atoms with E-state index >= 15 is 0 Å². The molecule has 0 saturated carbocycles. The predicted molar refractivity (Wildman–Crippen MR) is 67.0 cm³/mol. The smallest absolute Gasteiger partial charge is 0.205 e. The average molecular weight is 237 g/mol. The Balaban J connectivity index is 3.99. The Labute approximate surface area is 91.3 Å². The maximum Gasteiger partial charge on any atom is 0.205 e. The number of nitrogens with one attached hydrogen (secondary N) is 1. The van der Waals surface area contributed by atoms with Gasteiger partial charge in [0.1, 0.15) is 11.0 Å². The fourth-order valence-electron chi connectivity index (χ4n) is 0.835. The van der Waals surface area contributed by atoms with E-state index in [2.05, 4.69) is 19.0 Å². The van der Waals surface area contributed by atoms with Gasteiger partial charge in [0.05, 0.1) is 0 Å². The first-order valence-corrected chi connectivity index (χ1v) is 6.97. The van der Waals surface area contributed by atoms with Crippen molar-refractivity contribution in [2.45, 2.75) is 12.8 Å². The maximum atomic E-state index is 10.9. The Morgan fingerprint density at radius 1 is 1.50 bits per heavy atom. The molecule has 0 spiro atoms. The lowest BCUT2D eigenvalue weighted by Crippen LogP contribution is -2.37. The first-order chi connectivity index (χ1) is 6.57. The molecular weight excluding hydrogens is 217 g/mol. The van der Waals surface area contributed by atoms with Gasteiger partial charge in [-0.3, -0.25) is 9.71 Å². The van der Waals surface area contributed by atoms with E-state index in [-0.39, 0.29) is 0 Å². The van der Waals surface area contributed by atoms with Crippen LogP contribution < -0.4 is 4.72 Å². The molecule has 0 amide bonds. The standard InChI is InChI=1S/C8H20N3OPS/c1-11(2)8(10-14(3)12)9-6-4-5-7-13/h4-7,13H2,1-3H3,(H,9,10). The topological polar surface area (TPSA) is 44.7 Å². The van der Waals surface area contributed by atoms with E-state index in [9.17, 15) is 4.21 Å². The van der Waals surface area contributed by atoms with Gasteiger partial charge in [-0.25, -0.2) is 4.21 Å². The molecule has 0 radical (unpaired) electrons. The zero-order valence-corrected chi connectivity index (χ0v) is 11.1. The third kappa shape index (κ3) is 7.27. The maximum absolute atomic E-state index is 10.9. The zero-order chi connectivity index (χ0) is 11.0. The highest BCUT2D eigenvalue weighted by Crippen LogP contribution is 1.94. The Morgan fingerprint density at radius 2 is 2.14 bits per heavy atom. The summed E-state index contributed by atoms with van der Waals surface area (Å²) in [4.78, 5) is 6.17. The molecule has 0 rings (SSSR count). The Kier molecular flexibility index (Phi) is 8.09. The Hall–Kier alpha value is -0.150. The van der Waals surface area contributed by atoms with E-state index < -0.39 is 11.0 Å². The van der Waals surface area contributed by atoms with Gasteiger partial charge in [-0.1, -0.05) is 0 Å². The van der Waals surface area contributed by atoms with E-state index in [0.29, 0.717) is 5.96 Å². The lowest BCUT2D eigenvalue weighted by atomic mass is 10.3. The fourth-order valence-corrected chi connectivity index (χ4v) is 1.63. The van der Waals surface area contributed by atoms with Crippen molar-refractivity contribution in [2.24, 2.45) is 4.99 Å². The number of unbranched alkanes of at least 4 members (excludes halogenated alkanes) is 1. The molecule has 1 N–H and O–H groups in total. The molecular formula is C8H20N3OPS. The van der Waals surface area contributed by atoms with Crippen LogP contribution in [-0.2, 0) is 11.0 Å². The normalized spacial score (nSPS) is 13.9. The molecule has 2 atom stereocenters. The second-order valence-corrected chi connectivity index (χ2v) is 4.84. The van der Waals surface area contributed by atoms with E-state index in [4.69, 9.17) is 0 Å². The van der Waals surface area contributed by atoms with Crippen LogP contribution in [0.2, 0.25) is 0 Å². The van der Waals surface area contributed by atoms with Gasteiger partial charge in [0.2, 0.25) is 5.96 Å². The van der Waals surface area contributed by atoms with Crippen LogP contribution in [0.1, 0.15) is 12.8 Å². The molecule has 0 aromatic heterocycles. The van der Waals surface area contributed by atoms with Crippen molar-refractivity contribution in [1.29, 1.82) is 0 Å². The van der Waals surface area contributed by atoms with Crippen LogP contribution in [0.3, 0.4) is 0 Å². The summed E-state index contributed by atoms with van der Waals surface area (Å²) >= 11 is 0. The van der Waals surface area contributed by atoms with E-state index in [1.54, 1.807) is 6.26 Å². The van der Waals surface area contributed by atoms with Gasteiger partial charge >= 0.3 is 0 Å². The second-order valence-electron chi connectivity index (χ2n) is 3.15. The third-order valence-electron chi connectivity index (χ3n) is 1.53. The molecule has 0 saturated heterocycles. The summed E-state index contributed by atoms with van der Waals surface area (Å²) in [5, 5.41) is 0. The van der Waals surface area contributed by atoms with Gasteiger partial charge < -0.3 is 4.90 Å². The Bertz CT molecular complexity index is 209. The van der Waals surface area contributed by atoms with Gasteiger partial charge in [0, 0.05) is 26.9 Å². The number of guanidine groups is 1. The molecule has 0 heterocycles. The molecule has 0 aliphatic rings. The van der Waals surface area contributed by atoms with E-state index in [1.807, 2.05) is 19.0 Å². The summed E-state index contributed by atoms with van der Waals surface area (Å²) < 4.78 is 13.7. The molecule has 14 heavy (non-hydrogen) atoms. The molecule has 2 unspecified atom stereocenters. The van der Waals surface area contributed by atoms with Crippen molar-refractivity contribution in [1.82, 2.24) is 9.62 Å². The molecule has 0 bridgehead atoms. The molecule has 4 nitrogen and oxygen atoms in total. The molecule has 0 aromatic rings. The second kappa shape index (κ2) is 8.18. The van der Waals surface area contributed by atoms with Gasteiger partial charge in [-0.05, 0) is 19.0 Å². The van der Waals surface area contributed by atoms with Crippen molar-refractivity contribution in [2.75, 3.05) is 33.1 Å². The van der Waals surface area contributed by atoms with Gasteiger partial charge in [0.15, 0.2) is 0 Å². The largest absolute Gasteiger partial charge is 0.348 e. The lowest BCUT2D eigenvalue weighted by molar-refractivity contribution is 0.597. The minimum Gasteiger partial charge on any atom is -0.348 e. The fraction of sp³-hybridized carbons (Fsp3) is 0.875. The van der Waals surface area contributed by atoms with Crippen molar-refractivity contribution in [3.8, 4) is 0 Å². The van der Waals surface area contributed by atoms with Crippen molar-refractivity contribution >= 4 is 26.2 Å². The van der Waals surface area contributed by atoms with Crippen LogP contribution in [0.5, 0.6) is 0 Å². The van der Waals surface area contributed by atoms with Crippen LogP contribution >= 0.6 is 9.24 Å². The van der Waals surface area contributed by atoms with Crippen LogP contribution in [0.25, 0.3) is 0 Å². The molecule has 84 valence electrons. The van der Waals surface area contributed by atoms with Gasteiger partial charge in [0.25, 0.3) is 0 Å². The zero-order valence-electron chi connectivity index (χ0n) is 9.12. The SMILES string of the molecule is CN(C)C(=NCCCCP)NS(C)=O. The molecule has 0 aromatic carbocycles. The van der Waals surface area contributed by atoms with E-state index in [1.165, 1.54) is 0 Å². The van der Waals surface area contributed by atoms with E-state index in [0.717, 1.165) is 25.5 Å². The molecule has 0 aliphatic carbocycles. The summed E-state index contributed by atoms with van der Waals surface area (Å²) in [6.07, 6.45) is 4.94. The monoisotopic (exact) mass is 237 g/mol. The number of hydrogen-bond acceptors (Lipinski definition) is 2. The van der Waals surface area contributed by atoms with Crippen molar-refractivity contribution in [3.05, 3.63) is 0 Å². The first-order valence-electron chi connectivity index (χ1n) is 4.60. The Morgan fingerprint density at radius 3 is 2.57 bits per heavy atom. The molecule has 6 heteroatoms. The van der Waals surface area contributed by atoms with Crippen LogP contribution in [0.4, 0.5) is 0 Å². The quantitative estimate of drug-likeness (QED) is 0.326. The average Bonchev–Trinajstić information content (AvgIpc) is 2.09. The number of rotatable bonds is 5. The lowest BCUT2D eigenvalue weighted by Gasteiger charge is -2.15. The predicted octanol–water partition coefficient (Wildman–Crippen LogP) is 0.442. The number of hydrogen-bond donors (Lipinski definition) is 1. The number of aliphatic imine (C=N–C) groups is 1. The van der Waals surface area contributed by atoms with Gasteiger partial charge in [-0.15, -0.1) is 9.24 Å².